The Kier molecular flexibility index (Phi) is 2.30. The molecule has 1 heterocycles. The van der Waals surface area contributed by atoms with Crippen LogP contribution in [0.4, 0.5) is 4.39 Å². The normalized spacial score (nSPS) is 10.9. The predicted molar refractivity (Wildman–Crippen MR) is 56.3 cm³/mol. The van der Waals surface area contributed by atoms with Crippen molar-refractivity contribution >= 4 is 33.3 Å². The summed E-state index contributed by atoms with van der Waals surface area (Å²) in [7, 11) is -1.48. The number of thiophene rings is 1. The zero-order chi connectivity index (χ0) is 10.3. The molecule has 2 rings (SSSR count). The van der Waals surface area contributed by atoms with E-state index in [1.165, 1.54) is 23.5 Å². The van der Waals surface area contributed by atoms with Crippen molar-refractivity contribution in [1.29, 1.82) is 0 Å². The zero-order valence-electron chi connectivity index (χ0n) is 7.49. The number of aryl methyl sites for hydroxylation is 1. The van der Waals surface area contributed by atoms with Crippen molar-refractivity contribution in [1.82, 2.24) is 0 Å². The largest absolute Gasteiger partial charge is 0.499 e. The Morgan fingerprint density at radius 3 is 2.71 bits per heavy atom. The summed E-state index contributed by atoms with van der Waals surface area (Å²) in [4.78, 5) is 0. The van der Waals surface area contributed by atoms with E-state index in [4.69, 9.17) is 10.0 Å². The second-order valence-electron chi connectivity index (χ2n) is 3.11. The molecule has 0 saturated carbocycles. The van der Waals surface area contributed by atoms with Gasteiger partial charge in [0.2, 0.25) is 0 Å². The molecule has 0 aliphatic rings. The van der Waals surface area contributed by atoms with E-state index in [-0.39, 0.29) is 5.82 Å². The average Bonchev–Trinajstić information content (AvgIpc) is 2.44. The van der Waals surface area contributed by atoms with Crippen molar-refractivity contribution in [3.63, 3.8) is 0 Å². The summed E-state index contributed by atoms with van der Waals surface area (Å²) in [6, 6.07) is 4.42. The minimum Gasteiger partial charge on any atom is -0.423 e. The molecule has 0 radical (unpaired) electrons. The molecule has 0 bridgehead atoms. The highest BCUT2D eigenvalue weighted by Crippen LogP contribution is 2.24. The summed E-state index contributed by atoms with van der Waals surface area (Å²) in [6.45, 7) is 1.76. The van der Waals surface area contributed by atoms with Crippen molar-refractivity contribution < 1.29 is 14.4 Å². The van der Waals surface area contributed by atoms with E-state index in [0.717, 1.165) is 15.6 Å². The van der Waals surface area contributed by atoms with Crippen LogP contribution in [0.15, 0.2) is 18.2 Å². The lowest BCUT2D eigenvalue weighted by molar-refractivity contribution is 0.426. The molecule has 1 aromatic carbocycles. The minimum atomic E-state index is -1.48. The number of benzene rings is 1. The van der Waals surface area contributed by atoms with Gasteiger partial charge < -0.3 is 10.0 Å². The molecule has 14 heavy (non-hydrogen) atoms. The molecule has 0 amide bonds. The van der Waals surface area contributed by atoms with E-state index in [2.05, 4.69) is 0 Å². The molecular formula is C9H8BFO2S. The van der Waals surface area contributed by atoms with Gasteiger partial charge >= 0.3 is 7.12 Å². The maximum absolute atomic E-state index is 12.9. The third kappa shape index (κ3) is 1.43. The molecule has 2 aromatic rings. The van der Waals surface area contributed by atoms with Gasteiger partial charge in [-0.25, -0.2) is 4.39 Å². The Bertz CT molecular complexity index is 481. The Hall–Kier alpha value is -0.905. The first-order valence-electron chi connectivity index (χ1n) is 4.14. The molecule has 1 aromatic heterocycles. The van der Waals surface area contributed by atoms with Gasteiger partial charge in [0.25, 0.3) is 0 Å². The Labute approximate surface area is 84.8 Å². The monoisotopic (exact) mass is 210 g/mol. The van der Waals surface area contributed by atoms with Gasteiger partial charge in [0.05, 0.1) is 0 Å². The van der Waals surface area contributed by atoms with Gasteiger partial charge in [0.15, 0.2) is 0 Å². The highest BCUT2D eigenvalue weighted by atomic mass is 32.1. The molecule has 2 nitrogen and oxygen atoms in total. The smallest absolute Gasteiger partial charge is 0.423 e. The fraction of sp³-hybridized carbons (Fsp3) is 0.111. The fourth-order valence-electron chi connectivity index (χ4n) is 1.46. The molecular weight excluding hydrogens is 202 g/mol. The van der Waals surface area contributed by atoms with Gasteiger partial charge in [-0.3, -0.25) is 0 Å². The lowest BCUT2D eigenvalue weighted by atomic mass is 9.86. The van der Waals surface area contributed by atoms with Gasteiger partial charge in [-0.05, 0) is 36.1 Å². The number of rotatable bonds is 1. The lowest BCUT2D eigenvalue weighted by Gasteiger charge is -1.95. The molecule has 0 aliphatic carbocycles. The summed E-state index contributed by atoms with van der Waals surface area (Å²) >= 11 is 1.27. The third-order valence-electron chi connectivity index (χ3n) is 2.17. The Morgan fingerprint density at radius 1 is 1.36 bits per heavy atom. The molecule has 0 saturated heterocycles. The van der Waals surface area contributed by atoms with Crippen LogP contribution in [0, 0.1) is 12.7 Å². The van der Waals surface area contributed by atoms with Crippen LogP contribution in [0.3, 0.4) is 0 Å². The maximum Gasteiger partial charge on any atom is 0.499 e. The second kappa shape index (κ2) is 3.35. The molecule has 0 unspecified atom stereocenters. The number of hydrogen-bond donors (Lipinski definition) is 2. The van der Waals surface area contributed by atoms with E-state index in [1.807, 2.05) is 0 Å². The molecule has 2 N–H and O–H groups in total. The van der Waals surface area contributed by atoms with Crippen molar-refractivity contribution in [2.75, 3.05) is 0 Å². The second-order valence-corrected chi connectivity index (χ2v) is 4.19. The summed E-state index contributed by atoms with van der Waals surface area (Å²) in [5.41, 5.74) is 0.736. The number of halogens is 1. The summed E-state index contributed by atoms with van der Waals surface area (Å²) in [5.74, 6) is -0.308. The SMILES string of the molecule is Cc1c(B(O)O)sc2ccc(F)cc12. The molecule has 5 heteroatoms. The van der Waals surface area contributed by atoms with E-state index >= 15 is 0 Å². The van der Waals surface area contributed by atoms with Gasteiger partial charge in [-0.15, -0.1) is 11.3 Å². The molecule has 72 valence electrons. The fourth-order valence-corrected chi connectivity index (χ4v) is 2.52. The Morgan fingerprint density at radius 2 is 2.07 bits per heavy atom. The van der Waals surface area contributed by atoms with Crippen LogP contribution >= 0.6 is 11.3 Å². The average molecular weight is 210 g/mol. The minimum absolute atomic E-state index is 0.308. The molecule has 0 aliphatic heterocycles. The van der Waals surface area contributed by atoms with Gasteiger partial charge in [0, 0.05) is 9.48 Å². The van der Waals surface area contributed by atoms with Gasteiger partial charge in [-0.2, -0.15) is 0 Å². The van der Waals surface area contributed by atoms with Crippen molar-refractivity contribution in [2.45, 2.75) is 6.92 Å². The van der Waals surface area contributed by atoms with Crippen molar-refractivity contribution in [3.05, 3.63) is 29.6 Å². The molecule has 0 fully saturated rings. The predicted octanol–water partition coefficient (Wildman–Crippen LogP) is 1.03. The topological polar surface area (TPSA) is 40.5 Å². The van der Waals surface area contributed by atoms with Crippen LogP contribution in [0.25, 0.3) is 10.1 Å². The lowest BCUT2D eigenvalue weighted by Crippen LogP contribution is -2.28. The summed E-state index contributed by atoms with van der Waals surface area (Å²) in [5, 5.41) is 18.8. The summed E-state index contributed by atoms with van der Waals surface area (Å²) < 4.78 is 14.3. The Balaban J connectivity index is 2.74. The van der Waals surface area contributed by atoms with Crippen molar-refractivity contribution in [2.24, 2.45) is 0 Å². The van der Waals surface area contributed by atoms with E-state index in [0.29, 0.717) is 4.78 Å². The van der Waals surface area contributed by atoms with Crippen LogP contribution in [-0.4, -0.2) is 17.2 Å². The third-order valence-corrected chi connectivity index (χ3v) is 3.48. The highest BCUT2D eigenvalue weighted by Gasteiger charge is 2.19. The quantitative estimate of drug-likeness (QED) is 0.690. The zero-order valence-corrected chi connectivity index (χ0v) is 8.31. The van der Waals surface area contributed by atoms with Crippen LogP contribution in [0.2, 0.25) is 0 Å². The van der Waals surface area contributed by atoms with Crippen molar-refractivity contribution in [3.8, 4) is 0 Å². The summed E-state index contributed by atoms with van der Waals surface area (Å²) in [6.07, 6.45) is 0. The standard InChI is InChI=1S/C9H8BFO2S/c1-5-7-4-6(11)2-3-8(7)14-9(5)10(12)13/h2-4,12-13H,1H3. The first-order chi connectivity index (χ1) is 6.59. The molecule has 0 atom stereocenters. The first kappa shape index (κ1) is 9.64. The first-order valence-corrected chi connectivity index (χ1v) is 4.96. The number of fused-ring (bicyclic) bond motifs is 1. The van der Waals surface area contributed by atoms with Crippen LogP contribution in [0.5, 0.6) is 0 Å². The van der Waals surface area contributed by atoms with E-state index < -0.39 is 7.12 Å². The number of hydrogen-bond acceptors (Lipinski definition) is 3. The van der Waals surface area contributed by atoms with Crippen LogP contribution in [0.1, 0.15) is 5.56 Å². The van der Waals surface area contributed by atoms with Gasteiger partial charge in [0.1, 0.15) is 5.82 Å². The van der Waals surface area contributed by atoms with Gasteiger partial charge in [-0.1, -0.05) is 0 Å². The molecule has 0 spiro atoms. The van der Waals surface area contributed by atoms with Crippen LogP contribution in [-0.2, 0) is 0 Å². The van der Waals surface area contributed by atoms with E-state index in [9.17, 15) is 4.39 Å². The van der Waals surface area contributed by atoms with Crippen LogP contribution < -0.4 is 4.78 Å². The maximum atomic E-state index is 12.9. The van der Waals surface area contributed by atoms with E-state index in [1.54, 1.807) is 13.0 Å². The highest BCUT2D eigenvalue weighted by molar-refractivity contribution is 7.28.